The zero-order valence-corrected chi connectivity index (χ0v) is 22.6. The minimum atomic E-state index is -1.08. The van der Waals surface area contributed by atoms with Gasteiger partial charge < -0.3 is 9.84 Å². The maximum atomic E-state index is 13.5. The largest absolute Gasteiger partial charge is 0.489 e. The van der Waals surface area contributed by atoms with Crippen molar-refractivity contribution >= 4 is 17.0 Å². The fourth-order valence-corrected chi connectivity index (χ4v) is 4.77. The molecule has 0 fully saturated rings. The van der Waals surface area contributed by atoms with Crippen LogP contribution < -0.4 is 16.0 Å². The Morgan fingerprint density at radius 2 is 1.70 bits per heavy atom. The maximum Gasteiger partial charge on any atom is 0.335 e. The fraction of sp³-hybridized carbons (Fsp3) is 0.226. The van der Waals surface area contributed by atoms with E-state index < -0.39 is 17.2 Å². The molecule has 0 radical (unpaired) electrons. The first-order valence-corrected chi connectivity index (χ1v) is 13.0. The molecular formula is C31H30N4O5. The molecule has 1 N–H and O–H groups in total. The van der Waals surface area contributed by atoms with Gasteiger partial charge in [-0.3, -0.25) is 18.6 Å². The quantitative estimate of drug-likeness (QED) is 0.295. The molecule has 2 aromatic heterocycles. The zero-order chi connectivity index (χ0) is 28.4. The third-order valence-corrected chi connectivity index (χ3v) is 6.69. The zero-order valence-electron chi connectivity index (χ0n) is 22.6. The molecule has 0 amide bonds. The molecule has 5 rings (SSSR count). The number of aromatic carboxylic acids is 1. The van der Waals surface area contributed by atoms with Crippen molar-refractivity contribution in [3.63, 3.8) is 0 Å². The summed E-state index contributed by atoms with van der Waals surface area (Å²) < 4.78 is 10.4. The van der Waals surface area contributed by atoms with Gasteiger partial charge in [-0.15, -0.1) is 0 Å². The van der Waals surface area contributed by atoms with Gasteiger partial charge in [-0.1, -0.05) is 74.5 Å². The molecule has 9 heteroatoms. The lowest BCUT2D eigenvalue weighted by atomic mass is 10.1. The highest BCUT2D eigenvalue weighted by atomic mass is 16.5. The average molecular weight is 539 g/mol. The number of hydrogen-bond donors (Lipinski definition) is 1. The molecule has 5 aromatic rings. The summed E-state index contributed by atoms with van der Waals surface area (Å²) in [7, 11) is 1.45. The van der Waals surface area contributed by atoms with E-state index in [1.165, 1.54) is 23.7 Å². The molecule has 0 aliphatic heterocycles. The summed E-state index contributed by atoms with van der Waals surface area (Å²) in [5.74, 6) is -0.306. The van der Waals surface area contributed by atoms with Crippen LogP contribution in [0.5, 0.6) is 5.75 Å². The van der Waals surface area contributed by atoms with Crippen molar-refractivity contribution in [3.05, 3.63) is 116 Å². The van der Waals surface area contributed by atoms with E-state index in [2.05, 4.69) is 0 Å². The number of para-hydroxylation sites is 1. The third-order valence-electron chi connectivity index (χ3n) is 6.69. The van der Waals surface area contributed by atoms with Crippen LogP contribution in [0, 0.1) is 5.92 Å². The number of carbonyl (C=O) groups is 1. The first kappa shape index (κ1) is 26.7. The van der Waals surface area contributed by atoms with Crippen molar-refractivity contribution < 1.29 is 14.6 Å². The summed E-state index contributed by atoms with van der Waals surface area (Å²) in [6.07, 6.45) is 0. The molecule has 0 aliphatic carbocycles. The number of rotatable bonds is 9. The monoisotopic (exact) mass is 538 g/mol. The van der Waals surface area contributed by atoms with Gasteiger partial charge in [0.05, 0.1) is 17.8 Å². The molecule has 0 atom stereocenters. The van der Waals surface area contributed by atoms with Gasteiger partial charge >= 0.3 is 11.7 Å². The SMILES string of the molecule is CC(C)Cn1c(=O)n(C)c(=O)c2c(-c3cccc(C(=O)O)c3)n(Cc3ccccc3OCc3ccccc3)nc21. The Balaban J connectivity index is 1.70. The van der Waals surface area contributed by atoms with Crippen molar-refractivity contribution in [1.29, 1.82) is 0 Å². The van der Waals surface area contributed by atoms with Gasteiger partial charge in [-0.2, -0.15) is 5.10 Å². The van der Waals surface area contributed by atoms with E-state index in [9.17, 15) is 19.5 Å². The molecule has 2 heterocycles. The van der Waals surface area contributed by atoms with Gasteiger partial charge in [0, 0.05) is 24.7 Å². The minimum Gasteiger partial charge on any atom is -0.489 e. The summed E-state index contributed by atoms with van der Waals surface area (Å²) in [6.45, 7) is 4.94. The average Bonchev–Trinajstić information content (AvgIpc) is 3.33. The number of carboxylic acids is 1. The highest BCUT2D eigenvalue weighted by molar-refractivity contribution is 5.94. The number of fused-ring (bicyclic) bond motifs is 1. The molecule has 3 aromatic carbocycles. The Labute approximate surface area is 230 Å². The van der Waals surface area contributed by atoms with E-state index in [-0.39, 0.29) is 29.1 Å². The topological polar surface area (TPSA) is 108 Å². The molecule has 204 valence electrons. The lowest BCUT2D eigenvalue weighted by Gasteiger charge is -2.14. The maximum absolute atomic E-state index is 13.5. The van der Waals surface area contributed by atoms with Crippen LogP contribution in [0.15, 0.2) is 88.5 Å². The highest BCUT2D eigenvalue weighted by Gasteiger charge is 2.24. The van der Waals surface area contributed by atoms with Gasteiger partial charge in [0.15, 0.2) is 5.65 Å². The van der Waals surface area contributed by atoms with Gasteiger partial charge in [0.1, 0.15) is 17.7 Å². The Hall–Kier alpha value is -4.92. The van der Waals surface area contributed by atoms with Crippen LogP contribution in [0.25, 0.3) is 22.3 Å². The van der Waals surface area contributed by atoms with Gasteiger partial charge in [-0.05, 0) is 29.7 Å². The number of ether oxygens (including phenoxy) is 1. The lowest BCUT2D eigenvalue weighted by Crippen LogP contribution is -2.38. The summed E-state index contributed by atoms with van der Waals surface area (Å²) >= 11 is 0. The van der Waals surface area contributed by atoms with Crippen LogP contribution in [0.1, 0.15) is 35.3 Å². The molecule has 0 saturated heterocycles. The molecule has 0 aliphatic rings. The highest BCUT2D eigenvalue weighted by Crippen LogP contribution is 2.30. The van der Waals surface area contributed by atoms with Crippen molar-refractivity contribution in [2.24, 2.45) is 13.0 Å². The second-order valence-electron chi connectivity index (χ2n) is 10.1. The third kappa shape index (κ3) is 5.18. The number of benzene rings is 3. The van der Waals surface area contributed by atoms with Crippen LogP contribution in [-0.4, -0.2) is 30.0 Å². The lowest BCUT2D eigenvalue weighted by molar-refractivity contribution is 0.0697. The Kier molecular flexibility index (Phi) is 7.37. The van der Waals surface area contributed by atoms with Crippen LogP contribution in [0.4, 0.5) is 0 Å². The summed E-state index contributed by atoms with van der Waals surface area (Å²) in [5, 5.41) is 14.7. The van der Waals surface area contributed by atoms with Crippen molar-refractivity contribution in [2.75, 3.05) is 0 Å². The molecule has 40 heavy (non-hydrogen) atoms. The molecule has 9 nitrogen and oxygen atoms in total. The Morgan fingerprint density at radius 3 is 2.42 bits per heavy atom. The first-order chi connectivity index (χ1) is 19.2. The van der Waals surface area contributed by atoms with Crippen molar-refractivity contribution in [3.8, 4) is 17.0 Å². The number of carboxylic acid groups (broad SMARTS) is 1. The van der Waals surface area contributed by atoms with E-state index in [4.69, 9.17) is 9.84 Å². The van der Waals surface area contributed by atoms with Crippen LogP contribution in [-0.2, 0) is 26.7 Å². The van der Waals surface area contributed by atoms with E-state index in [0.29, 0.717) is 30.2 Å². The summed E-state index contributed by atoms with van der Waals surface area (Å²) in [6, 6.07) is 23.8. The second kappa shape index (κ2) is 11.1. The van der Waals surface area contributed by atoms with Gasteiger partial charge in [0.25, 0.3) is 5.56 Å². The summed E-state index contributed by atoms with van der Waals surface area (Å²) in [5.41, 5.74) is 2.19. The smallest absolute Gasteiger partial charge is 0.335 e. The molecule has 0 saturated carbocycles. The van der Waals surface area contributed by atoms with Crippen LogP contribution in [0.3, 0.4) is 0 Å². The van der Waals surface area contributed by atoms with Gasteiger partial charge in [-0.25, -0.2) is 9.59 Å². The number of nitrogens with zero attached hydrogens (tertiary/aromatic N) is 4. The normalized spacial score (nSPS) is 11.3. The standard InChI is InChI=1S/C31H30N4O5/c1-20(2)17-34-28-26(29(36)33(3)31(34)39)27(22-13-9-14-23(16-22)30(37)38)35(32-28)18-24-12-7-8-15-25(24)40-19-21-10-5-4-6-11-21/h4-16,20H,17-19H2,1-3H3,(H,37,38). The molecule has 0 unspecified atom stereocenters. The van der Waals surface area contributed by atoms with E-state index >= 15 is 0 Å². The first-order valence-electron chi connectivity index (χ1n) is 13.0. The van der Waals surface area contributed by atoms with Crippen LogP contribution in [0.2, 0.25) is 0 Å². The molecule has 0 spiro atoms. The summed E-state index contributed by atoms with van der Waals surface area (Å²) in [4.78, 5) is 38.5. The minimum absolute atomic E-state index is 0.0809. The number of hydrogen-bond acceptors (Lipinski definition) is 5. The Morgan fingerprint density at radius 1 is 0.975 bits per heavy atom. The molecular weight excluding hydrogens is 508 g/mol. The van der Waals surface area contributed by atoms with Crippen molar-refractivity contribution in [1.82, 2.24) is 18.9 Å². The van der Waals surface area contributed by atoms with Crippen molar-refractivity contribution in [2.45, 2.75) is 33.5 Å². The predicted molar refractivity (Wildman–Crippen MR) is 153 cm³/mol. The number of aromatic nitrogens is 4. The van der Waals surface area contributed by atoms with E-state index in [1.807, 2.05) is 68.4 Å². The van der Waals surface area contributed by atoms with Gasteiger partial charge in [0.2, 0.25) is 0 Å². The molecule has 0 bridgehead atoms. The second-order valence-corrected chi connectivity index (χ2v) is 10.1. The van der Waals surface area contributed by atoms with E-state index in [0.717, 1.165) is 15.7 Å². The van der Waals surface area contributed by atoms with E-state index in [1.54, 1.807) is 16.8 Å². The predicted octanol–water partition coefficient (Wildman–Crippen LogP) is 4.55. The Bertz CT molecular complexity index is 1820. The fourth-order valence-electron chi connectivity index (χ4n) is 4.77. The van der Waals surface area contributed by atoms with Crippen LogP contribution >= 0.6 is 0 Å².